The molecule has 0 aliphatic heterocycles. The molecule has 1 saturated carbocycles. The quantitative estimate of drug-likeness (QED) is 0.778. The van der Waals surface area contributed by atoms with Gasteiger partial charge in [-0.1, -0.05) is 6.07 Å². The minimum absolute atomic E-state index is 0.0698. The standard InChI is InChI=1S/C16H16F3NO2/c1-2-22-15(21)14-8-10-6-7-11(16(17,18)19)9-13(10)20(14)12-4-3-5-12/h6-9,12H,2-5H2,1H3. The maximum Gasteiger partial charge on any atom is 0.416 e. The Morgan fingerprint density at radius 3 is 2.59 bits per heavy atom. The van der Waals surface area contributed by atoms with Crippen LogP contribution in [0.4, 0.5) is 13.2 Å². The molecule has 118 valence electrons. The number of benzene rings is 1. The number of carbonyl (C=O) groups excluding carboxylic acids is 1. The van der Waals surface area contributed by atoms with Crippen molar-refractivity contribution in [2.75, 3.05) is 6.61 Å². The second-order valence-corrected chi connectivity index (χ2v) is 5.48. The molecule has 1 heterocycles. The van der Waals surface area contributed by atoms with Gasteiger partial charge in [0.05, 0.1) is 12.2 Å². The normalized spacial score (nSPS) is 15.8. The fraction of sp³-hybridized carbons (Fsp3) is 0.438. The number of halogens is 3. The molecule has 0 radical (unpaired) electrons. The van der Waals surface area contributed by atoms with Gasteiger partial charge < -0.3 is 9.30 Å². The predicted octanol–water partition coefficient (Wildman–Crippen LogP) is 4.56. The lowest BCUT2D eigenvalue weighted by molar-refractivity contribution is -0.137. The molecule has 0 amide bonds. The summed E-state index contributed by atoms with van der Waals surface area (Å²) in [7, 11) is 0. The van der Waals surface area contributed by atoms with E-state index in [0.29, 0.717) is 16.6 Å². The minimum atomic E-state index is -4.40. The molecule has 1 fully saturated rings. The summed E-state index contributed by atoms with van der Waals surface area (Å²) in [6.07, 6.45) is -1.64. The molecule has 1 aliphatic rings. The van der Waals surface area contributed by atoms with Crippen LogP contribution in [0.25, 0.3) is 10.9 Å². The Morgan fingerprint density at radius 1 is 1.32 bits per heavy atom. The first-order valence-corrected chi connectivity index (χ1v) is 7.31. The summed E-state index contributed by atoms with van der Waals surface area (Å²) in [6.45, 7) is 1.94. The van der Waals surface area contributed by atoms with E-state index >= 15 is 0 Å². The van der Waals surface area contributed by atoms with Crippen molar-refractivity contribution in [3.8, 4) is 0 Å². The summed E-state index contributed by atoms with van der Waals surface area (Å²) < 4.78 is 45.5. The third-order valence-corrected chi connectivity index (χ3v) is 4.09. The molecule has 3 nitrogen and oxygen atoms in total. The van der Waals surface area contributed by atoms with Crippen LogP contribution in [-0.4, -0.2) is 17.1 Å². The van der Waals surface area contributed by atoms with Gasteiger partial charge in [-0.2, -0.15) is 13.2 Å². The first kappa shape index (κ1) is 14.9. The zero-order chi connectivity index (χ0) is 15.9. The van der Waals surface area contributed by atoms with Gasteiger partial charge in [-0.15, -0.1) is 0 Å². The zero-order valence-corrected chi connectivity index (χ0v) is 12.1. The van der Waals surface area contributed by atoms with E-state index in [-0.39, 0.29) is 12.6 Å². The number of hydrogen-bond donors (Lipinski definition) is 0. The summed E-state index contributed by atoms with van der Waals surface area (Å²) in [5.41, 5.74) is 0.0811. The van der Waals surface area contributed by atoms with Gasteiger partial charge in [0.1, 0.15) is 5.69 Å². The van der Waals surface area contributed by atoms with Crippen molar-refractivity contribution in [2.24, 2.45) is 0 Å². The van der Waals surface area contributed by atoms with Crippen molar-refractivity contribution < 1.29 is 22.7 Å². The number of ether oxygens (including phenoxy) is 1. The van der Waals surface area contributed by atoms with E-state index in [2.05, 4.69) is 0 Å². The second-order valence-electron chi connectivity index (χ2n) is 5.48. The molecule has 1 aliphatic carbocycles. The van der Waals surface area contributed by atoms with Gasteiger partial charge >= 0.3 is 12.1 Å². The fourth-order valence-electron chi connectivity index (χ4n) is 2.80. The molecule has 0 unspecified atom stereocenters. The van der Waals surface area contributed by atoms with Crippen LogP contribution in [0.15, 0.2) is 24.3 Å². The Bertz CT molecular complexity index is 714. The van der Waals surface area contributed by atoms with Gasteiger partial charge in [0.2, 0.25) is 0 Å². The van der Waals surface area contributed by atoms with Crippen molar-refractivity contribution >= 4 is 16.9 Å². The van der Waals surface area contributed by atoms with Crippen LogP contribution in [-0.2, 0) is 10.9 Å². The summed E-state index contributed by atoms with van der Waals surface area (Å²) in [5, 5.41) is 0.628. The number of esters is 1. The summed E-state index contributed by atoms with van der Waals surface area (Å²) in [4.78, 5) is 12.1. The molecule has 1 aromatic heterocycles. The highest BCUT2D eigenvalue weighted by Gasteiger charge is 2.32. The van der Waals surface area contributed by atoms with E-state index < -0.39 is 17.7 Å². The maximum absolute atomic E-state index is 12.9. The van der Waals surface area contributed by atoms with Crippen LogP contribution >= 0.6 is 0 Å². The third-order valence-electron chi connectivity index (χ3n) is 4.09. The number of rotatable bonds is 3. The minimum Gasteiger partial charge on any atom is -0.461 e. The molecule has 0 saturated heterocycles. The summed E-state index contributed by atoms with van der Waals surface area (Å²) in [5.74, 6) is -0.487. The molecule has 3 rings (SSSR count). The van der Waals surface area contributed by atoms with Crippen LogP contribution in [0.2, 0.25) is 0 Å². The second kappa shape index (κ2) is 5.34. The van der Waals surface area contributed by atoms with Crippen LogP contribution in [0.5, 0.6) is 0 Å². The average Bonchev–Trinajstić information content (AvgIpc) is 2.75. The van der Waals surface area contributed by atoms with Crippen molar-refractivity contribution in [1.29, 1.82) is 0 Å². The maximum atomic E-state index is 12.9. The van der Waals surface area contributed by atoms with Crippen LogP contribution in [0, 0.1) is 0 Å². The SMILES string of the molecule is CCOC(=O)c1cc2ccc(C(F)(F)F)cc2n1C1CCC1. The highest BCUT2D eigenvalue weighted by atomic mass is 19.4. The van der Waals surface area contributed by atoms with Crippen LogP contribution in [0.3, 0.4) is 0 Å². The highest BCUT2D eigenvalue weighted by molar-refractivity contribution is 5.96. The van der Waals surface area contributed by atoms with E-state index in [1.165, 1.54) is 6.07 Å². The lowest BCUT2D eigenvalue weighted by atomic mass is 9.92. The van der Waals surface area contributed by atoms with E-state index in [1.54, 1.807) is 17.6 Å². The summed E-state index contributed by atoms with van der Waals surface area (Å²) >= 11 is 0. The monoisotopic (exact) mass is 311 g/mol. The van der Waals surface area contributed by atoms with Gasteiger partial charge in [-0.3, -0.25) is 0 Å². The average molecular weight is 311 g/mol. The van der Waals surface area contributed by atoms with Crippen LogP contribution < -0.4 is 0 Å². The molecule has 0 spiro atoms. The van der Waals surface area contributed by atoms with Gasteiger partial charge in [-0.05, 0) is 44.4 Å². The number of fused-ring (bicyclic) bond motifs is 1. The molecule has 22 heavy (non-hydrogen) atoms. The highest BCUT2D eigenvalue weighted by Crippen LogP contribution is 2.39. The topological polar surface area (TPSA) is 31.2 Å². The Morgan fingerprint density at radius 2 is 2.05 bits per heavy atom. The van der Waals surface area contributed by atoms with Gasteiger partial charge in [-0.25, -0.2) is 4.79 Å². The van der Waals surface area contributed by atoms with Gasteiger partial charge in [0.15, 0.2) is 0 Å². The van der Waals surface area contributed by atoms with E-state index in [4.69, 9.17) is 4.74 Å². The smallest absolute Gasteiger partial charge is 0.416 e. The molecular weight excluding hydrogens is 295 g/mol. The third kappa shape index (κ3) is 2.46. The predicted molar refractivity (Wildman–Crippen MR) is 75.8 cm³/mol. The summed E-state index contributed by atoms with van der Waals surface area (Å²) in [6, 6.07) is 5.26. The number of alkyl halides is 3. The number of nitrogens with zero attached hydrogens (tertiary/aromatic N) is 1. The first-order valence-electron chi connectivity index (χ1n) is 7.31. The molecule has 2 aromatic rings. The Labute approximate surface area is 125 Å². The first-order chi connectivity index (χ1) is 10.4. The molecule has 0 N–H and O–H groups in total. The van der Waals surface area contributed by atoms with Crippen molar-refractivity contribution in [1.82, 2.24) is 4.57 Å². The van der Waals surface area contributed by atoms with Gasteiger partial charge in [0.25, 0.3) is 0 Å². The van der Waals surface area contributed by atoms with Crippen LogP contribution in [0.1, 0.15) is 48.3 Å². The van der Waals surface area contributed by atoms with E-state index in [1.807, 2.05) is 0 Å². The largest absolute Gasteiger partial charge is 0.461 e. The Kier molecular flexibility index (Phi) is 3.62. The fourth-order valence-corrected chi connectivity index (χ4v) is 2.80. The number of aromatic nitrogens is 1. The molecule has 1 aromatic carbocycles. The lowest BCUT2D eigenvalue weighted by Crippen LogP contribution is -2.22. The van der Waals surface area contributed by atoms with Crippen molar-refractivity contribution in [3.63, 3.8) is 0 Å². The molecule has 0 atom stereocenters. The molecular formula is C16H16F3NO2. The molecule has 6 heteroatoms. The Hall–Kier alpha value is -1.98. The van der Waals surface area contributed by atoms with Gasteiger partial charge in [0, 0.05) is 16.9 Å². The van der Waals surface area contributed by atoms with E-state index in [9.17, 15) is 18.0 Å². The number of hydrogen-bond acceptors (Lipinski definition) is 2. The Balaban J connectivity index is 2.17. The number of carbonyl (C=O) groups is 1. The van der Waals surface area contributed by atoms with Crippen molar-refractivity contribution in [3.05, 3.63) is 35.5 Å². The zero-order valence-electron chi connectivity index (χ0n) is 12.1. The lowest BCUT2D eigenvalue weighted by Gasteiger charge is -2.29. The van der Waals surface area contributed by atoms with E-state index in [0.717, 1.165) is 31.4 Å². The molecule has 0 bridgehead atoms. The van der Waals surface area contributed by atoms with Crippen molar-refractivity contribution in [2.45, 2.75) is 38.4 Å².